The maximum atomic E-state index is 6.13. The maximum Gasteiger partial charge on any atom is 0.496 e. The van der Waals surface area contributed by atoms with Gasteiger partial charge in [0, 0.05) is 17.0 Å². The SMILES string of the molecule is CC1(C)OB(c2ccc(OC3CCC(Cl)CC3)nc2)OC1(C)C. The minimum atomic E-state index is -0.381. The topological polar surface area (TPSA) is 40.6 Å². The second-order valence-corrected chi connectivity index (χ2v) is 8.13. The molecule has 1 aliphatic heterocycles. The number of hydrogen-bond acceptors (Lipinski definition) is 4. The number of nitrogens with zero attached hydrogens (tertiary/aromatic N) is 1. The molecule has 1 saturated carbocycles. The fourth-order valence-corrected chi connectivity index (χ4v) is 3.14. The van der Waals surface area contributed by atoms with Crippen LogP contribution < -0.4 is 10.2 Å². The van der Waals surface area contributed by atoms with Gasteiger partial charge in [-0.1, -0.05) is 6.07 Å². The molecule has 0 N–H and O–H groups in total. The van der Waals surface area contributed by atoms with Gasteiger partial charge >= 0.3 is 7.12 Å². The molecule has 1 aliphatic carbocycles. The zero-order chi connectivity index (χ0) is 16.7. The molecular formula is C17H25BClNO3. The third-order valence-corrected chi connectivity index (χ3v) is 5.61. The van der Waals surface area contributed by atoms with E-state index in [4.69, 9.17) is 25.6 Å². The standard InChI is InChI=1S/C17H25BClNO3/c1-16(2)17(3,4)23-18(22-16)12-5-10-15(20-11-12)21-14-8-6-13(19)7-9-14/h5,10-11,13-14H,6-9H2,1-4H3. The summed E-state index contributed by atoms with van der Waals surface area (Å²) in [6, 6.07) is 3.87. The van der Waals surface area contributed by atoms with Crippen molar-refractivity contribution in [2.75, 3.05) is 0 Å². The number of alkyl halides is 1. The van der Waals surface area contributed by atoms with Crippen LogP contribution in [0.25, 0.3) is 0 Å². The van der Waals surface area contributed by atoms with E-state index < -0.39 is 0 Å². The molecule has 1 aromatic heterocycles. The van der Waals surface area contributed by atoms with Crippen LogP contribution in [0.4, 0.5) is 0 Å². The molecule has 1 aromatic rings. The van der Waals surface area contributed by atoms with Crippen LogP contribution in [0.2, 0.25) is 0 Å². The molecule has 0 unspecified atom stereocenters. The summed E-state index contributed by atoms with van der Waals surface area (Å²) in [4.78, 5) is 4.42. The van der Waals surface area contributed by atoms with E-state index in [1.165, 1.54) is 0 Å². The second-order valence-electron chi connectivity index (χ2n) is 7.51. The van der Waals surface area contributed by atoms with Crippen molar-refractivity contribution in [1.29, 1.82) is 0 Å². The summed E-state index contributed by atoms with van der Waals surface area (Å²) < 4.78 is 18.0. The molecular weight excluding hydrogens is 312 g/mol. The molecule has 4 nitrogen and oxygen atoms in total. The van der Waals surface area contributed by atoms with Crippen molar-refractivity contribution in [3.8, 4) is 5.88 Å². The Morgan fingerprint density at radius 3 is 2.22 bits per heavy atom. The summed E-state index contributed by atoms with van der Waals surface area (Å²) in [7, 11) is -0.381. The molecule has 1 saturated heterocycles. The van der Waals surface area contributed by atoms with Gasteiger partial charge in [0.25, 0.3) is 0 Å². The largest absolute Gasteiger partial charge is 0.496 e. The van der Waals surface area contributed by atoms with Gasteiger partial charge in [-0.2, -0.15) is 0 Å². The second kappa shape index (κ2) is 6.27. The van der Waals surface area contributed by atoms with Crippen LogP contribution in [-0.4, -0.2) is 34.8 Å². The van der Waals surface area contributed by atoms with E-state index in [0.717, 1.165) is 31.1 Å². The molecule has 0 amide bonds. The van der Waals surface area contributed by atoms with Gasteiger partial charge < -0.3 is 14.0 Å². The third-order valence-electron chi connectivity index (χ3n) is 5.18. The van der Waals surface area contributed by atoms with Gasteiger partial charge in [0.2, 0.25) is 5.88 Å². The quantitative estimate of drug-likeness (QED) is 0.627. The fraction of sp³-hybridized carbons (Fsp3) is 0.706. The summed E-state index contributed by atoms with van der Waals surface area (Å²) in [5.74, 6) is 0.656. The van der Waals surface area contributed by atoms with Crippen LogP contribution in [0.5, 0.6) is 5.88 Å². The Morgan fingerprint density at radius 2 is 1.70 bits per heavy atom. The number of halogens is 1. The molecule has 0 atom stereocenters. The zero-order valence-electron chi connectivity index (χ0n) is 14.3. The highest BCUT2D eigenvalue weighted by Crippen LogP contribution is 2.36. The Hall–Kier alpha value is -0.775. The van der Waals surface area contributed by atoms with E-state index >= 15 is 0 Å². The highest BCUT2D eigenvalue weighted by molar-refractivity contribution is 6.62. The summed E-state index contributed by atoms with van der Waals surface area (Å²) in [6.07, 6.45) is 6.02. The van der Waals surface area contributed by atoms with Gasteiger partial charge in [-0.15, -0.1) is 11.6 Å². The fourth-order valence-electron chi connectivity index (χ4n) is 2.89. The number of ether oxygens (including phenoxy) is 1. The lowest BCUT2D eigenvalue weighted by atomic mass is 9.80. The van der Waals surface area contributed by atoms with Crippen molar-refractivity contribution in [3.63, 3.8) is 0 Å². The molecule has 0 spiro atoms. The van der Waals surface area contributed by atoms with Gasteiger partial charge in [0.05, 0.1) is 11.2 Å². The van der Waals surface area contributed by atoms with Crippen molar-refractivity contribution in [2.24, 2.45) is 0 Å². The van der Waals surface area contributed by atoms with Crippen LogP contribution in [0, 0.1) is 0 Å². The van der Waals surface area contributed by atoms with Crippen LogP contribution in [0.3, 0.4) is 0 Å². The smallest absolute Gasteiger partial charge is 0.474 e. The molecule has 2 aliphatic rings. The third kappa shape index (κ3) is 3.67. The van der Waals surface area contributed by atoms with E-state index in [1.807, 2.05) is 39.8 Å². The lowest BCUT2D eigenvalue weighted by Gasteiger charge is -2.32. The predicted molar refractivity (Wildman–Crippen MR) is 92.5 cm³/mol. The molecule has 0 bridgehead atoms. The maximum absolute atomic E-state index is 6.13. The van der Waals surface area contributed by atoms with Crippen LogP contribution in [-0.2, 0) is 9.31 Å². The van der Waals surface area contributed by atoms with Crippen molar-refractivity contribution in [1.82, 2.24) is 4.98 Å². The van der Waals surface area contributed by atoms with Crippen molar-refractivity contribution in [2.45, 2.75) is 76.1 Å². The number of hydrogen-bond donors (Lipinski definition) is 0. The average molecular weight is 338 g/mol. The molecule has 3 rings (SSSR count). The lowest BCUT2D eigenvalue weighted by molar-refractivity contribution is 0.00578. The van der Waals surface area contributed by atoms with Gasteiger partial charge in [0.1, 0.15) is 6.10 Å². The van der Waals surface area contributed by atoms with Crippen molar-refractivity contribution < 1.29 is 14.0 Å². The molecule has 0 aromatic carbocycles. The number of aromatic nitrogens is 1. The summed E-state index contributed by atoms with van der Waals surface area (Å²) >= 11 is 6.13. The Bertz CT molecular complexity index is 525. The summed E-state index contributed by atoms with van der Waals surface area (Å²) in [5, 5.41) is 0.300. The minimum absolute atomic E-state index is 0.222. The molecule has 6 heteroatoms. The van der Waals surface area contributed by atoms with Crippen LogP contribution in [0.15, 0.2) is 18.3 Å². The Kier molecular flexibility index (Phi) is 4.65. The van der Waals surface area contributed by atoms with E-state index in [9.17, 15) is 0 Å². The number of pyridine rings is 1. The minimum Gasteiger partial charge on any atom is -0.474 e. The van der Waals surface area contributed by atoms with Gasteiger partial charge in [-0.3, -0.25) is 0 Å². The molecule has 2 heterocycles. The Balaban J connectivity index is 1.62. The summed E-state index contributed by atoms with van der Waals surface area (Å²) in [5.41, 5.74) is 0.237. The van der Waals surface area contributed by atoms with Gasteiger partial charge in [-0.25, -0.2) is 4.98 Å². The molecule has 23 heavy (non-hydrogen) atoms. The highest BCUT2D eigenvalue weighted by atomic mass is 35.5. The zero-order valence-corrected chi connectivity index (χ0v) is 15.1. The monoisotopic (exact) mass is 337 g/mol. The molecule has 126 valence electrons. The highest BCUT2D eigenvalue weighted by Gasteiger charge is 2.51. The summed E-state index contributed by atoms with van der Waals surface area (Å²) in [6.45, 7) is 8.19. The first-order valence-corrected chi connectivity index (χ1v) is 8.83. The van der Waals surface area contributed by atoms with Crippen LogP contribution >= 0.6 is 11.6 Å². The van der Waals surface area contributed by atoms with E-state index in [2.05, 4.69) is 4.98 Å². The Labute approximate surface area is 144 Å². The van der Waals surface area contributed by atoms with E-state index in [1.54, 1.807) is 6.20 Å². The first-order chi connectivity index (χ1) is 10.8. The lowest BCUT2D eigenvalue weighted by Crippen LogP contribution is -2.41. The Morgan fingerprint density at radius 1 is 1.09 bits per heavy atom. The first kappa shape index (κ1) is 17.1. The predicted octanol–water partition coefficient (Wildman–Crippen LogP) is 3.31. The van der Waals surface area contributed by atoms with Gasteiger partial charge in [-0.05, 0) is 59.4 Å². The molecule has 2 fully saturated rings. The molecule has 0 radical (unpaired) electrons. The van der Waals surface area contributed by atoms with Crippen LogP contribution in [0.1, 0.15) is 53.4 Å². The van der Waals surface area contributed by atoms with Crippen molar-refractivity contribution in [3.05, 3.63) is 18.3 Å². The van der Waals surface area contributed by atoms with Gasteiger partial charge in [0.15, 0.2) is 0 Å². The first-order valence-electron chi connectivity index (χ1n) is 8.39. The average Bonchev–Trinajstić information content (AvgIpc) is 2.71. The van der Waals surface area contributed by atoms with Crippen molar-refractivity contribution >= 4 is 24.2 Å². The normalized spacial score (nSPS) is 29.5. The van der Waals surface area contributed by atoms with E-state index in [0.29, 0.717) is 11.3 Å². The number of rotatable bonds is 3. The van der Waals surface area contributed by atoms with E-state index in [-0.39, 0.29) is 24.4 Å².